The SMILES string of the molecule is CCN(CC)CCCNS(=O)(=O)c1cn[nH]c1. The normalized spacial score (nSPS) is 12.2. The van der Waals surface area contributed by atoms with E-state index in [-0.39, 0.29) is 4.90 Å². The van der Waals surface area contributed by atoms with Crippen molar-refractivity contribution in [1.82, 2.24) is 19.8 Å². The molecular weight excluding hydrogens is 240 g/mol. The molecule has 1 rings (SSSR count). The third kappa shape index (κ3) is 4.45. The quantitative estimate of drug-likeness (QED) is 0.664. The molecule has 0 atom stereocenters. The molecule has 0 bridgehead atoms. The van der Waals surface area contributed by atoms with Crippen molar-refractivity contribution >= 4 is 10.0 Å². The van der Waals surface area contributed by atoms with Crippen LogP contribution < -0.4 is 4.72 Å². The van der Waals surface area contributed by atoms with Gasteiger partial charge in [0.2, 0.25) is 10.0 Å². The van der Waals surface area contributed by atoms with Crippen LogP contribution in [-0.4, -0.2) is 49.7 Å². The van der Waals surface area contributed by atoms with Crippen molar-refractivity contribution in [2.24, 2.45) is 0 Å². The van der Waals surface area contributed by atoms with E-state index in [0.717, 1.165) is 26.1 Å². The van der Waals surface area contributed by atoms with Crippen LogP contribution in [0.2, 0.25) is 0 Å². The molecule has 1 aromatic heterocycles. The van der Waals surface area contributed by atoms with Crippen LogP contribution in [0.5, 0.6) is 0 Å². The smallest absolute Gasteiger partial charge is 0.243 e. The molecule has 0 aliphatic rings. The molecule has 1 heterocycles. The Kier molecular flexibility index (Phi) is 5.60. The van der Waals surface area contributed by atoms with E-state index in [1.165, 1.54) is 12.4 Å². The number of nitrogens with zero attached hydrogens (tertiary/aromatic N) is 2. The van der Waals surface area contributed by atoms with Gasteiger partial charge in [-0.3, -0.25) is 5.10 Å². The van der Waals surface area contributed by atoms with Crippen LogP contribution in [0.1, 0.15) is 20.3 Å². The minimum Gasteiger partial charge on any atom is -0.304 e. The zero-order valence-electron chi connectivity index (χ0n) is 10.3. The molecular formula is C10H20N4O2S. The second-order valence-electron chi connectivity index (χ2n) is 3.71. The van der Waals surface area contributed by atoms with Crippen molar-refractivity contribution < 1.29 is 8.42 Å². The van der Waals surface area contributed by atoms with Crippen LogP contribution in [0.25, 0.3) is 0 Å². The van der Waals surface area contributed by atoms with Crippen LogP contribution >= 0.6 is 0 Å². The van der Waals surface area contributed by atoms with Crippen molar-refractivity contribution in [3.63, 3.8) is 0 Å². The van der Waals surface area contributed by atoms with E-state index in [4.69, 9.17) is 0 Å². The largest absolute Gasteiger partial charge is 0.304 e. The predicted octanol–water partition coefficient (Wildman–Crippen LogP) is 0.420. The molecule has 1 aromatic rings. The van der Waals surface area contributed by atoms with Gasteiger partial charge in [0.05, 0.1) is 6.20 Å². The number of hydrogen-bond donors (Lipinski definition) is 2. The first-order chi connectivity index (χ1) is 8.10. The van der Waals surface area contributed by atoms with Gasteiger partial charge in [0.25, 0.3) is 0 Å². The van der Waals surface area contributed by atoms with Gasteiger partial charge in [-0.25, -0.2) is 13.1 Å². The molecule has 0 fully saturated rings. The summed E-state index contributed by atoms with van der Waals surface area (Å²) in [5.41, 5.74) is 0. The Morgan fingerprint density at radius 1 is 1.41 bits per heavy atom. The Bertz CT molecular complexity index is 398. The lowest BCUT2D eigenvalue weighted by molar-refractivity contribution is 0.300. The van der Waals surface area contributed by atoms with E-state index in [2.05, 4.69) is 33.7 Å². The summed E-state index contributed by atoms with van der Waals surface area (Å²) in [4.78, 5) is 2.44. The average Bonchev–Trinajstić information content (AvgIpc) is 2.83. The van der Waals surface area contributed by atoms with Crippen LogP contribution in [0.15, 0.2) is 17.3 Å². The fourth-order valence-corrected chi connectivity index (χ4v) is 2.50. The predicted molar refractivity (Wildman–Crippen MR) is 66.2 cm³/mol. The van der Waals surface area contributed by atoms with E-state index < -0.39 is 10.0 Å². The molecule has 0 radical (unpaired) electrons. The molecule has 6 nitrogen and oxygen atoms in total. The molecule has 0 unspecified atom stereocenters. The fraction of sp³-hybridized carbons (Fsp3) is 0.700. The molecule has 0 aromatic carbocycles. The fourth-order valence-electron chi connectivity index (χ4n) is 1.52. The van der Waals surface area contributed by atoms with E-state index in [0.29, 0.717) is 6.54 Å². The lowest BCUT2D eigenvalue weighted by Crippen LogP contribution is -2.29. The Morgan fingerprint density at radius 3 is 2.65 bits per heavy atom. The second-order valence-corrected chi connectivity index (χ2v) is 5.48. The number of aromatic nitrogens is 2. The average molecular weight is 260 g/mol. The highest BCUT2D eigenvalue weighted by Gasteiger charge is 2.13. The third-order valence-corrected chi connectivity index (χ3v) is 4.05. The van der Waals surface area contributed by atoms with Gasteiger partial charge in [-0.05, 0) is 26.1 Å². The first kappa shape index (κ1) is 14.1. The van der Waals surface area contributed by atoms with Gasteiger partial charge in [0.1, 0.15) is 4.90 Å². The number of aromatic amines is 1. The van der Waals surface area contributed by atoms with Crippen LogP contribution in [-0.2, 0) is 10.0 Å². The van der Waals surface area contributed by atoms with Gasteiger partial charge in [-0.15, -0.1) is 0 Å². The highest BCUT2D eigenvalue weighted by molar-refractivity contribution is 7.89. The summed E-state index contributed by atoms with van der Waals surface area (Å²) in [7, 11) is -3.39. The van der Waals surface area contributed by atoms with Gasteiger partial charge in [0, 0.05) is 12.7 Å². The summed E-state index contributed by atoms with van der Waals surface area (Å²) in [6, 6.07) is 0. The van der Waals surface area contributed by atoms with Crippen LogP contribution in [0.3, 0.4) is 0 Å². The highest BCUT2D eigenvalue weighted by Crippen LogP contribution is 2.03. The Morgan fingerprint density at radius 2 is 2.12 bits per heavy atom. The minimum atomic E-state index is -3.39. The van der Waals surface area contributed by atoms with Crippen molar-refractivity contribution in [3.05, 3.63) is 12.4 Å². The standard InChI is InChI=1S/C10H20N4O2S/c1-3-14(4-2)7-5-6-13-17(15,16)10-8-11-12-9-10/h8-9,13H,3-7H2,1-2H3,(H,11,12). The molecule has 0 aliphatic carbocycles. The third-order valence-electron chi connectivity index (χ3n) is 2.62. The van der Waals surface area contributed by atoms with Crippen LogP contribution in [0, 0.1) is 0 Å². The number of hydrogen-bond acceptors (Lipinski definition) is 4. The Labute approximate surface area is 102 Å². The van der Waals surface area contributed by atoms with E-state index in [1.54, 1.807) is 0 Å². The number of sulfonamides is 1. The second kappa shape index (κ2) is 6.73. The maximum absolute atomic E-state index is 11.7. The zero-order chi connectivity index (χ0) is 12.7. The number of rotatable bonds is 8. The maximum atomic E-state index is 11.7. The summed E-state index contributed by atoms with van der Waals surface area (Å²) in [6.45, 7) is 7.53. The summed E-state index contributed by atoms with van der Waals surface area (Å²) in [6.07, 6.45) is 3.47. The van der Waals surface area contributed by atoms with Crippen molar-refractivity contribution in [3.8, 4) is 0 Å². The molecule has 17 heavy (non-hydrogen) atoms. The van der Waals surface area contributed by atoms with Crippen molar-refractivity contribution in [1.29, 1.82) is 0 Å². The molecule has 7 heteroatoms. The van der Waals surface area contributed by atoms with Crippen LogP contribution in [0.4, 0.5) is 0 Å². The number of H-pyrrole nitrogens is 1. The Balaban J connectivity index is 2.32. The van der Waals surface area contributed by atoms with Crippen molar-refractivity contribution in [2.45, 2.75) is 25.2 Å². The summed E-state index contributed by atoms with van der Waals surface area (Å²) < 4.78 is 25.9. The molecule has 0 spiro atoms. The molecule has 98 valence electrons. The number of nitrogens with one attached hydrogen (secondary N) is 2. The lowest BCUT2D eigenvalue weighted by atomic mass is 10.4. The summed E-state index contributed by atoms with van der Waals surface area (Å²) >= 11 is 0. The minimum absolute atomic E-state index is 0.181. The zero-order valence-corrected chi connectivity index (χ0v) is 11.1. The molecule has 0 aliphatic heterocycles. The maximum Gasteiger partial charge on any atom is 0.243 e. The van der Waals surface area contributed by atoms with Gasteiger partial charge < -0.3 is 4.90 Å². The van der Waals surface area contributed by atoms with E-state index in [9.17, 15) is 8.42 Å². The summed E-state index contributed by atoms with van der Waals surface area (Å²) in [5.74, 6) is 0. The van der Waals surface area contributed by atoms with E-state index >= 15 is 0 Å². The van der Waals surface area contributed by atoms with E-state index in [1.807, 2.05) is 0 Å². The van der Waals surface area contributed by atoms with Gasteiger partial charge in [-0.1, -0.05) is 13.8 Å². The molecule has 0 saturated carbocycles. The molecule has 0 amide bonds. The topological polar surface area (TPSA) is 78.1 Å². The molecule has 0 saturated heterocycles. The first-order valence-corrected chi connectivity index (χ1v) is 7.29. The lowest BCUT2D eigenvalue weighted by Gasteiger charge is -2.17. The van der Waals surface area contributed by atoms with Crippen molar-refractivity contribution in [2.75, 3.05) is 26.2 Å². The van der Waals surface area contributed by atoms with Gasteiger partial charge >= 0.3 is 0 Å². The Hall–Kier alpha value is -0.920. The highest BCUT2D eigenvalue weighted by atomic mass is 32.2. The first-order valence-electron chi connectivity index (χ1n) is 5.81. The monoisotopic (exact) mass is 260 g/mol. The van der Waals surface area contributed by atoms with Gasteiger partial charge in [-0.2, -0.15) is 5.10 Å². The van der Waals surface area contributed by atoms with Gasteiger partial charge in [0.15, 0.2) is 0 Å². The summed E-state index contributed by atoms with van der Waals surface area (Å²) in [5, 5.41) is 6.10. The molecule has 2 N–H and O–H groups in total.